The highest BCUT2D eigenvalue weighted by atomic mass is 35.5. The van der Waals surface area contributed by atoms with Gasteiger partial charge in [0.1, 0.15) is 30.5 Å². The summed E-state index contributed by atoms with van der Waals surface area (Å²) in [5.41, 5.74) is 5.57. The molecule has 0 aliphatic carbocycles. The quantitative estimate of drug-likeness (QED) is 0.146. The van der Waals surface area contributed by atoms with Gasteiger partial charge in [-0.25, -0.2) is 23.5 Å². The fourth-order valence-corrected chi connectivity index (χ4v) is 8.69. The molecule has 0 amide bonds. The number of nitrogens with one attached hydrogen (secondary N) is 1. The van der Waals surface area contributed by atoms with Gasteiger partial charge in [0.25, 0.3) is 5.56 Å². The third kappa shape index (κ3) is 5.91. The first-order valence-corrected chi connectivity index (χ1v) is 19.3. The Hall–Kier alpha value is -1.77. The van der Waals surface area contributed by atoms with Crippen molar-refractivity contribution in [2.45, 2.75) is 49.1 Å². The topological polar surface area (TPSA) is 217 Å². The Kier molecular flexibility index (Phi) is 8.53. The number of alkyl halides is 1. The second-order valence-electron chi connectivity index (χ2n) is 10.4. The lowest BCUT2D eigenvalue weighted by Crippen LogP contribution is -2.35. The van der Waals surface area contributed by atoms with E-state index < -0.39 is 81.5 Å². The lowest BCUT2D eigenvalue weighted by molar-refractivity contribution is -0.0567. The first-order valence-electron chi connectivity index (χ1n) is 13.2. The lowest BCUT2D eigenvalue weighted by atomic mass is 10.1. The Bertz CT molecular complexity index is 2010. The van der Waals surface area contributed by atoms with Crippen LogP contribution in [0.25, 0.3) is 22.2 Å². The molecule has 10 unspecified atom stereocenters. The minimum atomic E-state index is -4.42. The van der Waals surface area contributed by atoms with Gasteiger partial charge in [-0.1, -0.05) is 47.7 Å². The summed E-state index contributed by atoms with van der Waals surface area (Å²) >= 11 is 20.4. The van der Waals surface area contributed by atoms with E-state index in [-0.39, 0.29) is 27.2 Å². The van der Waals surface area contributed by atoms with E-state index in [1.807, 2.05) is 0 Å². The number of benzene rings is 1. The molecule has 10 atom stereocenters. The van der Waals surface area contributed by atoms with Crippen LogP contribution in [0, 0.1) is 0 Å². The first kappa shape index (κ1) is 32.8. The minimum Gasteiger partial charge on any atom is -0.387 e. The molecule has 0 radical (unpaired) electrons. The lowest BCUT2D eigenvalue weighted by Gasteiger charge is -2.26. The number of aromatic amines is 1. The molecule has 3 aliphatic heterocycles. The number of rotatable bonds is 2. The van der Waals surface area contributed by atoms with Crippen molar-refractivity contribution in [3.05, 3.63) is 45.2 Å². The molecule has 3 saturated heterocycles. The van der Waals surface area contributed by atoms with E-state index >= 15 is 4.39 Å². The number of aliphatic hydroxyl groups excluding tert-OH is 1. The molecule has 17 nitrogen and oxygen atoms in total. The number of hydrogen-bond donors (Lipinski definition) is 5. The van der Waals surface area contributed by atoms with Crippen molar-refractivity contribution >= 4 is 89.4 Å². The van der Waals surface area contributed by atoms with Crippen molar-refractivity contribution in [1.82, 2.24) is 29.1 Å². The number of thiol groups is 2. The van der Waals surface area contributed by atoms with Gasteiger partial charge in [-0.2, -0.15) is 4.98 Å². The number of aliphatic hydroxyl groups is 1. The number of nitrogens with two attached hydrogens (primary N) is 1. The van der Waals surface area contributed by atoms with E-state index in [2.05, 4.69) is 44.4 Å². The summed E-state index contributed by atoms with van der Waals surface area (Å²) in [6, 6.07) is 3.03. The first-order chi connectivity index (χ1) is 21.7. The summed E-state index contributed by atoms with van der Waals surface area (Å²) in [6.07, 6.45) is -9.73. The fourth-order valence-electron chi connectivity index (χ4n) is 5.43. The molecular weight excluding hydrogens is 738 g/mol. The van der Waals surface area contributed by atoms with Crippen molar-refractivity contribution < 1.29 is 46.2 Å². The van der Waals surface area contributed by atoms with Gasteiger partial charge in [-0.3, -0.25) is 32.4 Å². The number of nitrogen functional groups attached to an aromatic ring is 1. The number of halogens is 3. The molecule has 248 valence electrons. The second kappa shape index (κ2) is 12.0. The van der Waals surface area contributed by atoms with E-state index in [0.29, 0.717) is 11.0 Å². The molecule has 4 aromatic rings. The maximum Gasteiger partial charge on any atom is 0.386 e. The van der Waals surface area contributed by atoms with Crippen LogP contribution in [0.15, 0.2) is 29.6 Å². The highest BCUT2D eigenvalue weighted by molar-refractivity contribution is 8.44. The minimum absolute atomic E-state index is 0.110. The van der Waals surface area contributed by atoms with E-state index in [0.717, 1.165) is 10.9 Å². The number of H-pyrrole nitrogens is 1. The molecule has 6 heterocycles. The predicted molar refractivity (Wildman–Crippen MR) is 166 cm³/mol. The number of ether oxygens (including phenoxy) is 2. The number of hydrogen-bond acceptors (Lipinski definition) is 14. The summed E-state index contributed by atoms with van der Waals surface area (Å²) < 4.78 is 79.5. The third-order valence-corrected chi connectivity index (χ3v) is 11.5. The summed E-state index contributed by atoms with van der Waals surface area (Å²) in [5.74, 6) is -0.260. The van der Waals surface area contributed by atoms with Gasteiger partial charge < -0.3 is 24.9 Å². The predicted octanol–water partition coefficient (Wildman–Crippen LogP) is 3.45. The van der Waals surface area contributed by atoms with Gasteiger partial charge in [0.2, 0.25) is 5.95 Å². The molecule has 7 rings (SSSR count). The highest BCUT2D eigenvalue weighted by Gasteiger charge is 2.53. The van der Waals surface area contributed by atoms with Gasteiger partial charge >= 0.3 is 13.6 Å². The molecule has 3 aliphatic rings. The molecular formula is C22H22Cl2FN7O10P2S2. The number of imidazole rings is 2. The number of fused-ring (bicyclic) bond motifs is 5. The van der Waals surface area contributed by atoms with Gasteiger partial charge in [0, 0.05) is 0 Å². The summed E-state index contributed by atoms with van der Waals surface area (Å²) in [6.45, 7) is -10.1. The molecule has 46 heavy (non-hydrogen) atoms. The third-order valence-electron chi connectivity index (χ3n) is 7.51. The molecule has 2 bridgehead atoms. The van der Waals surface area contributed by atoms with Crippen LogP contribution in [0.4, 0.5) is 10.3 Å². The normalized spacial score (nSPS) is 37.2. The summed E-state index contributed by atoms with van der Waals surface area (Å²) in [5, 5.41) is 11.6. The maximum atomic E-state index is 16.0. The Morgan fingerprint density at radius 2 is 1.61 bits per heavy atom. The zero-order valence-corrected chi connectivity index (χ0v) is 27.8. The average Bonchev–Trinajstić information content (AvgIpc) is 3.72. The zero-order valence-electron chi connectivity index (χ0n) is 22.7. The average molecular weight is 760 g/mol. The smallest absolute Gasteiger partial charge is 0.386 e. The standard InChI is InChI=1S/C22H22Cl2FN7O10P2S2/c23-7-1-9-10(2-8(7)24)31(5-27-9)21-17-15(33)11(39-21)3-37-43(35,45)41-16-12(4-38-44(36,46)42-17)40-20(13(16)25)32-6-28-14-18(32)29-22(26)30-19(14)34/h1-2,5-6,11-13,15-17,20-21,33H,3-4H2,(H,35,45)(H,36,46)(H3,26,29,30,34). The molecule has 3 fully saturated rings. The van der Waals surface area contributed by atoms with Crippen LogP contribution in [-0.4, -0.2) is 84.1 Å². The number of aromatic nitrogens is 6. The van der Waals surface area contributed by atoms with Crippen LogP contribution < -0.4 is 11.3 Å². The monoisotopic (exact) mass is 759 g/mol. The fraction of sp³-hybridized carbons (Fsp3) is 0.455. The number of anilines is 1. The Labute approximate surface area is 277 Å². The van der Waals surface area contributed by atoms with E-state index in [1.165, 1.54) is 23.0 Å². The van der Waals surface area contributed by atoms with Crippen LogP contribution >= 0.6 is 61.3 Å². The van der Waals surface area contributed by atoms with E-state index in [1.54, 1.807) is 0 Å². The largest absolute Gasteiger partial charge is 0.387 e. The van der Waals surface area contributed by atoms with Gasteiger partial charge in [0.15, 0.2) is 29.8 Å². The second-order valence-corrected chi connectivity index (χ2v) is 17.0. The molecule has 3 aromatic heterocycles. The Balaban J connectivity index is 1.21. The maximum absolute atomic E-state index is 16.0. The Morgan fingerprint density at radius 1 is 0.978 bits per heavy atom. The van der Waals surface area contributed by atoms with Crippen LogP contribution in [0.3, 0.4) is 0 Å². The van der Waals surface area contributed by atoms with Gasteiger partial charge in [0.05, 0.1) is 46.9 Å². The van der Waals surface area contributed by atoms with Crippen molar-refractivity contribution in [2.75, 3.05) is 18.9 Å². The molecule has 1 aromatic carbocycles. The van der Waals surface area contributed by atoms with E-state index in [4.69, 9.17) is 56.5 Å². The van der Waals surface area contributed by atoms with Crippen molar-refractivity contribution in [1.29, 1.82) is 0 Å². The van der Waals surface area contributed by atoms with Crippen molar-refractivity contribution in [3.8, 4) is 0 Å². The molecule has 0 spiro atoms. The number of nitrogens with zero attached hydrogens (tertiary/aromatic N) is 5. The van der Waals surface area contributed by atoms with E-state index in [9.17, 15) is 19.0 Å². The molecule has 4 N–H and O–H groups in total. The SMILES string of the molecule is Nc1nc2c(ncn2C2OC3COP(=O)(S)OC4C(O)C(COP(=O)(S)OC3C2F)OC4n2cnc3cc(Cl)c(Cl)cc32)c(=O)[nH]1. The van der Waals surface area contributed by atoms with Crippen LogP contribution in [0.2, 0.25) is 10.0 Å². The summed E-state index contributed by atoms with van der Waals surface area (Å²) in [4.78, 5) is 26.8. The Morgan fingerprint density at radius 3 is 2.35 bits per heavy atom. The van der Waals surface area contributed by atoms with Crippen LogP contribution in [0.1, 0.15) is 12.5 Å². The van der Waals surface area contributed by atoms with Crippen LogP contribution in [0.5, 0.6) is 0 Å². The van der Waals surface area contributed by atoms with Crippen molar-refractivity contribution in [3.63, 3.8) is 0 Å². The highest BCUT2D eigenvalue weighted by Crippen LogP contribution is 2.60. The molecule has 24 heteroatoms. The van der Waals surface area contributed by atoms with Crippen molar-refractivity contribution in [2.24, 2.45) is 0 Å². The molecule has 0 saturated carbocycles. The zero-order chi connectivity index (χ0) is 32.7. The van der Waals surface area contributed by atoms with Crippen LogP contribution in [-0.2, 0) is 36.7 Å². The van der Waals surface area contributed by atoms with Gasteiger partial charge in [-0.15, -0.1) is 0 Å². The summed E-state index contributed by atoms with van der Waals surface area (Å²) in [7, 11) is 0. The van der Waals surface area contributed by atoms with Gasteiger partial charge in [-0.05, 0) is 12.1 Å².